The fourth-order valence-electron chi connectivity index (χ4n) is 2.59. The predicted molar refractivity (Wildman–Crippen MR) is 89.4 cm³/mol. The lowest BCUT2D eigenvalue weighted by atomic mass is 9.95. The summed E-state index contributed by atoms with van der Waals surface area (Å²) in [6, 6.07) is 14.0. The number of halogens is 1. The van der Waals surface area contributed by atoms with Crippen LogP contribution in [0.15, 0.2) is 61.2 Å². The number of benzene rings is 2. The Bertz CT molecular complexity index is 818. The van der Waals surface area contributed by atoms with Crippen molar-refractivity contribution >= 4 is 11.6 Å². The minimum absolute atomic E-state index is 0.156. The number of nitrogens with zero attached hydrogens (tertiary/aromatic N) is 3. The van der Waals surface area contributed by atoms with Crippen molar-refractivity contribution in [2.75, 3.05) is 5.32 Å². The lowest BCUT2D eigenvalue weighted by Gasteiger charge is -2.16. The maximum Gasteiger partial charge on any atom is 0.231 e. The molecule has 3 rings (SSSR count). The zero-order valence-electron chi connectivity index (χ0n) is 13.2. The SMILES string of the molecule is CC[C@@H](C(=O)Nc1ccc(-n2cncn2)c(F)c1)c1ccccc1. The molecule has 122 valence electrons. The average Bonchev–Trinajstić information content (AvgIpc) is 3.11. The van der Waals surface area contributed by atoms with E-state index < -0.39 is 5.82 Å². The van der Waals surface area contributed by atoms with Gasteiger partial charge in [0.25, 0.3) is 0 Å². The molecule has 1 N–H and O–H groups in total. The third-order valence-corrected chi connectivity index (χ3v) is 3.81. The number of nitrogens with one attached hydrogen (secondary N) is 1. The molecule has 0 bridgehead atoms. The Morgan fingerprint density at radius 2 is 2.04 bits per heavy atom. The second-order valence-corrected chi connectivity index (χ2v) is 5.37. The molecule has 0 saturated heterocycles. The van der Waals surface area contributed by atoms with Crippen molar-refractivity contribution in [3.8, 4) is 5.69 Å². The van der Waals surface area contributed by atoms with Gasteiger partial charge in [-0.2, -0.15) is 5.10 Å². The fourth-order valence-corrected chi connectivity index (χ4v) is 2.59. The summed E-state index contributed by atoms with van der Waals surface area (Å²) in [7, 11) is 0. The molecule has 3 aromatic rings. The highest BCUT2D eigenvalue weighted by molar-refractivity contribution is 5.95. The van der Waals surface area contributed by atoms with Gasteiger partial charge in [0.1, 0.15) is 18.3 Å². The van der Waals surface area contributed by atoms with E-state index in [4.69, 9.17) is 0 Å². The molecule has 0 aliphatic heterocycles. The molecule has 1 amide bonds. The number of hydrogen-bond acceptors (Lipinski definition) is 3. The smallest absolute Gasteiger partial charge is 0.231 e. The Morgan fingerprint density at radius 3 is 2.67 bits per heavy atom. The molecule has 0 spiro atoms. The van der Waals surface area contributed by atoms with Crippen molar-refractivity contribution in [2.24, 2.45) is 0 Å². The quantitative estimate of drug-likeness (QED) is 0.781. The minimum atomic E-state index is -0.481. The Hall–Kier alpha value is -3.02. The molecule has 0 radical (unpaired) electrons. The van der Waals surface area contributed by atoms with Crippen LogP contribution in [-0.2, 0) is 4.79 Å². The van der Waals surface area contributed by atoms with Crippen molar-refractivity contribution in [3.05, 3.63) is 72.6 Å². The van der Waals surface area contributed by atoms with Crippen LogP contribution in [0.4, 0.5) is 10.1 Å². The number of carbonyl (C=O) groups excluding carboxylic acids is 1. The Labute approximate surface area is 139 Å². The highest BCUT2D eigenvalue weighted by Gasteiger charge is 2.19. The molecule has 1 heterocycles. The van der Waals surface area contributed by atoms with E-state index in [2.05, 4.69) is 15.4 Å². The van der Waals surface area contributed by atoms with Gasteiger partial charge in [-0.15, -0.1) is 0 Å². The lowest BCUT2D eigenvalue weighted by Crippen LogP contribution is -2.20. The molecule has 2 aromatic carbocycles. The van der Waals surface area contributed by atoms with Crippen LogP contribution in [0, 0.1) is 5.82 Å². The van der Waals surface area contributed by atoms with Crippen molar-refractivity contribution in [1.82, 2.24) is 14.8 Å². The Kier molecular flexibility index (Phi) is 4.65. The molecule has 0 saturated carbocycles. The summed E-state index contributed by atoms with van der Waals surface area (Å²) in [6.07, 6.45) is 3.41. The third-order valence-electron chi connectivity index (χ3n) is 3.81. The standard InChI is InChI=1S/C18H17FN4O/c1-2-15(13-6-4-3-5-7-13)18(24)22-14-8-9-17(16(19)10-14)23-12-20-11-21-23/h3-12,15H,2H2,1H3,(H,22,24)/t15-/m1/s1. The first kappa shape index (κ1) is 15.9. The molecule has 0 unspecified atom stereocenters. The lowest BCUT2D eigenvalue weighted by molar-refractivity contribution is -0.117. The summed E-state index contributed by atoms with van der Waals surface area (Å²) in [4.78, 5) is 16.3. The van der Waals surface area contributed by atoms with Gasteiger partial charge >= 0.3 is 0 Å². The molecule has 6 heteroatoms. The Morgan fingerprint density at radius 1 is 1.25 bits per heavy atom. The van der Waals surface area contributed by atoms with E-state index >= 15 is 0 Å². The van der Waals surface area contributed by atoms with Crippen molar-refractivity contribution in [3.63, 3.8) is 0 Å². The summed E-state index contributed by atoms with van der Waals surface area (Å²) in [6.45, 7) is 1.95. The van der Waals surface area contributed by atoms with Crippen molar-refractivity contribution in [1.29, 1.82) is 0 Å². The molecule has 1 aromatic heterocycles. The van der Waals surface area contributed by atoms with Gasteiger partial charge < -0.3 is 5.32 Å². The molecule has 24 heavy (non-hydrogen) atoms. The van der Waals surface area contributed by atoms with Crippen LogP contribution in [0.3, 0.4) is 0 Å². The molecule has 0 fully saturated rings. The van der Waals surface area contributed by atoms with Crippen LogP contribution < -0.4 is 5.32 Å². The first-order valence-corrected chi connectivity index (χ1v) is 7.69. The van der Waals surface area contributed by atoms with Crippen LogP contribution in [0.5, 0.6) is 0 Å². The van der Waals surface area contributed by atoms with E-state index in [-0.39, 0.29) is 17.5 Å². The third kappa shape index (κ3) is 3.32. The second-order valence-electron chi connectivity index (χ2n) is 5.37. The topological polar surface area (TPSA) is 59.8 Å². The van der Waals surface area contributed by atoms with Gasteiger partial charge in [-0.3, -0.25) is 4.79 Å². The largest absolute Gasteiger partial charge is 0.325 e. The van der Waals surface area contributed by atoms with Crippen LogP contribution in [-0.4, -0.2) is 20.7 Å². The van der Waals surface area contributed by atoms with Gasteiger partial charge in [-0.25, -0.2) is 14.1 Å². The van der Waals surface area contributed by atoms with Crippen LogP contribution in [0.1, 0.15) is 24.8 Å². The maximum absolute atomic E-state index is 14.2. The van der Waals surface area contributed by atoms with Gasteiger partial charge in [0, 0.05) is 5.69 Å². The summed E-state index contributed by atoms with van der Waals surface area (Å²) < 4.78 is 15.6. The number of anilines is 1. The van der Waals surface area contributed by atoms with Gasteiger partial charge in [0.05, 0.1) is 5.92 Å². The summed E-state index contributed by atoms with van der Waals surface area (Å²) >= 11 is 0. The van der Waals surface area contributed by atoms with E-state index in [1.54, 1.807) is 12.1 Å². The molecular weight excluding hydrogens is 307 g/mol. The highest BCUT2D eigenvalue weighted by atomic mass is 19.1. The summed E-state index contributed by atoms with van der Waals surface area (Å²) in [5.41, 5.74) is 1.63. The molecule has 0 aliphatic rings. The number of amides is 1. The van der Waals surface area contributed by atoms with Crippen LogP contribution in [0.2, 0.25) is 0 Å². The number of carbonyl (C=O) groups is 1. The molecule has 1 atom stereocenters. The van der Waals surface area contributed by atoms with E-state index in [0.29, 0.717) is 12.1 Å². The predicted octanol–water partition coefficient (Wildman–Crippen LogP) is 3.54. The number of rotatable bonds is 5. The van der Waals surface area contributed by atoms with Gasteiger partial charge in [0.15, 0.2) is 5.82 Å². The van der Waals surface area contributed by atoms with Gasteiger partial charge in [-0.1, -0.05) is 37.3 Å². The highest BCUT2D eigenvalue weighted by Crippen LogP contribution is 2.23. The Balaban J connectivity index is 1.78. The average molecular weight is 324 g/mol. The maximum atomic E-state index is 14.2. The van der Waals surface area contributed by atoms with E-state index in [1.807, 2.05) is 37.3 Å². The van der Waals surface area contributed by atoms with E-state index in [0.717, 1.165) is 5.56 Å². The van der Waals surface area contributed by atoms with Crippen LogP contribution >= 0.6 is 0 Å². The normalized spacial score (nSPS) is 11.9. The first-order valence-electron chi connectivity index (χ1n) is 7.69. The van der Waals surface area contributed by atoms with Gasteiger partial charge in [0.2, 0.25) is 5.91 Å². The first-order chi connectivity index (χ1) is 11.7. The summed E-state index contributed by atoms with van der Waals surface area (Å²) in [5.74, 6) is -0.910. The van der Waals surface area contributed by atoms with Crippen molar-refractivity contribution in [2.45, 2.75) is 19.3 Å². The number of hydrogen-bond donors (Lipinski definition) is 1. The number of aromatic nitrogens is 3. The zero-order chi connectivity index (χ0) is 16.9. The molecule has 0 aliphatic carbocycles. The summed E-state index contributed by atoms with van der Waals surface area (Å²) in [5, 5.41) is 6.68. The monoisotopic (exact) mass is 324 g/mol. The van der Waals surface area contributed by atoms with Crippen molar-refractivity contribution < 1.29 is 9.18 Å². The molecule has 5 nitrogen and oxygen atoms in total. The van der Waals surface area contributed by atoms with E-state index in [1.165, 1.54) is 23.4 Å². The molecular formula is C18H17FN4O. The second kappa shape index (κ2) is 7.04. The fraction of sp³-hybridized carbons (Fsp3) is 0.167. The zero-order valence-corrected chi connectivity index (χ0v) is 13.2. The van der Waals surface area contributed by atoms with E-state index in [9.17, 15) is 9.18 Å². The van der Waals surface area contributed by atoms with Gasteiger partial charge in [-0.05, 0) is 30.2 Å². The minimum Gasteiger partial charge on any atom is -0.325 e. The van der Waals surface area contributed by atoms with Crippen LogP contribution in [0.25, 0.3) is 5.69 Å².